The third-order valence-electron chi connectivity index (χ3n) is 1.40. The Morgan fingerprint density at radius 3 is 2.77 bits per heavy atom. The maximum atomic E-state index is 5.01. The molecule has 0 spiro atoms. The van der Waals surface area contributed by atoms with Gasteiger partial charge in [-0.2, -0.15) is 5.10 Å². The highest BCUT2D eigenvalue weighted by atomic mass is 79.9. The normalized spacial score (nSPS) is 10.2. The summed E-state index contributed by atoms with van der Waals surface area (Å²) < 4.78 is 1.34. The van der Waals surface area contributed by atoms with E-state index in [1.54, 1.807) is 6.20 Å². The lowest BCUT2D eigenvalue weighted by Gasteiger charge is -1.95. The van der Waals surface area contributed by atoms with Crippen LogP contribution in [0, 0.1) is 4.64 Å². The number of nitrogens with zero attached hydrogens (tertiary/aromatic N) is 3. The van der Waals surface area contributed by atoms with E-state index in [1.807, 2.05) is 0 Å². The summed E-state index contributed by atoms with van der Waals surface area (Å²) in [4.78, 5) is 10.9. The fourth-order valence-corrected chi connectivity index (χ4v) is 1.17. The molecule has 2 aromatic rings. The van der Waals surface area contributed by atoms with E-state index in [1.165, 1.54) is 6.33 Å². The zero-order chi connectivity index (χ0) is 9.26. The van der Waals surface area contributed by atoms with Gasteiger partial charge in [0.05, 0.1) is 4.47 Å². The lowest BCUT2D eigenvalue weighted by molar-refractivity contribution is 1.05. The van der Waals surface area contributed by atoms with Crippen molar-refractivity contribution in [2.75, 3.05) is 0 Å². The number of halogens is 1. The molecule has 2 rings (SSSR count). The van der Waals surface area contributed by atoms with Gasteiger partial charge in [0.25, 0.3) is 0 Å². The number of rotatable bonds is 1. The Morgan fingerprint density at radius 1 is 1.31 bits per heavy atom. The topological polar surface area (TPSA) is 70.2 Å². The van der Waals surface area contributed by atoms with E-state index >= 15 is 0 Å². The van der Waals surface area contributed by atoms with Crippen molar-refractivity contribution in [1.29, 1.82) is 0 Å². The molecule has 5 nitrogen and oxygen atoms in total. The molecule has 13 heavy (non-hydrogen) atoms. The summed E-state index contributed by atoms with van der Waals surface area (Å²) in [6.45, 7) is 0. The molecule has 0 aliphatic rings. The molecule has 0 aliphatic carbocycles. The van der Waals surface area contributed by atoms with Crippen LogP contribution in [0.1, 0.15) is 0 Å². The van der Waals surface area contributed by atoms with Gasteiger partial charge in [-0.05, 0) is 15.9 Å². The molecule has 0 saturated heterocycles. The summed E-state index contributed by atoms with van der Waals surface area (Å²) in [6.07, 6.45) is 3.03. The molecule has 2 aromatic heterocycles. The Hall–Kier alpha value is -1.08. The lowest BCUT2D eigenvalue weighted by Crippen LogP contribution is -1.91. The molecule has 2 heterocycles. The number of H-pyrrole nitrogens is 2. The van der Waals surface area contributed by atoms with Crippen LogP contribution in [0.3, 0.4) is 0 Å². The third-order valence-corrected chi connectivity index (χ3v) is 2.58. The van der Waals surface area contributed by atoms with Crippen LogP contribution < -0.4 is 0 Å². The second-order valence-electron chi connectivity index (χ2n) is 2.24. The zero-order valence-corrected chi connectivity index (χ0v) is 8.69. The van der Waals surface area contributed by atoms with Crippen molar-refractivity contribution in [2.24, 2.45) is 0 Å². The van der Waals surface area contributed by atoms with E-state index in [0.29, 0.717) is 16.3 Å². The van der Waals surface area contributed by atoms with Crippen molar-refractivity contribution in [3.63, 3.8) is 0 Å². The Morgan fingerprint density at radius 2 is 2.15 bits per heavy atom. The summed E-state index contributed by atoms with van der Waals surface area (Å²) in [7, 11) is 0. The van der Waals surface area contributed by atoms with Gasteiger partial charge in [0.1, 0.15) is 11.0 Å². The lowest BCUT2D eigenvalue weighted by atomic mass is 10.5. The van der Waals surface area contributed by atoms with Crippen molar-refractivity contribution in [1.82, 2.24) is 25.1 Å². The molecule has 2 N–H and O–H groups in total. The monoisotopic (exact) mass is 257 g/mol. The predicted octanol–water partition coefficient (Wildman–Crippen LogP) is 1.69. The molecular formula is C6H4BrN5S. The first kappa shape index (κ1) is 8.52. The number of aromatic nitrogens is 5. The second kappa shape index (κ2) is 3.35. The van der Waals surface area contributed by atoms with Crippen molar-refractivity contribution >= 4 is 28.1 Å². The van der Waals surface area contributed by atoms with E-state index in [4.69, 9.17) is 12.2 Å². The van der Waals surface area contributed by atoms with Gasteiger partial charge in [0, 0.05) is 6.20 Å². The minimum absolute atomic E-state index is 0.568. The van der Waals surface area contributed by atoms with Gasteiger partial charge >= 0.3 is 0 Å². The molecule has 0 aromatic carbocycles. The fraction of sp³-hybridized carbons (Fsp3) is 0. The highest BCUT2D eigenvalue weighted by Gasteiger charge is 2.02. The van der Waals surface area contributed by atoms with Crippen molar-refractivity contribution in [3.05, 3.63) is 21.6 Å². The van der Waals surface area contributed by atoms with E-state index in [9.17, 15) is 0 Å². The molecule has 7 heteroatoms. The average molecular weight is 258 g/mol. The maximum absolute atomic E-state index is 5.01. The van der Waals surface area contributed by atoms with Gasteiger partial charge in [0.15, 0.2) is 11.6 Å². The molecule has 0 unspecified atom stereocenters. The minimum atomic E-state index is 0.568. The summed E-state index contributed by atoms with van der Waals surface area (Å²) in [5.74, 6) is 1.14. The van der Waals surface area contributed by atoms with E-state index < -0.39 is 0 Å². The quantitative estimate of drug-likeness (QED) is 0.763. The van der Waals surface area contributed by atoms with Crippen LogP contribution in [-0.4, -0.2) is 25.1 Å². The minimum Gasteiger partial charge on any atom is -0.327 e. The number of nitrogens with one attached hydrogen (secondary N) is 2. The van der Waals surface area contributed by atoms with Gasteiger partial charge in [-0.1, -0.05) is 12.2 Å². The first-order valence-corrected chi connectivity index (χ1v) is 4.58. The van der Waals surface area contributed by atoms with Crippen LogP contribution in [0.15, 0.2) is 17.0 Å². The average Bonchev–Trinajstić information content (AvgIpc) is 2.62. The number of aromatic amines is 2. The van der Waals surface area contributed by atoms with Gasteiger partial charge in [-0.25, -0.2) is 9.97 Å². The van der Waals surface area contributed by atoms with Crippen LogP contribution in [0.5, 0.6) is 0 Å². The summed E-state index contributed by atoms with van der Waals surface area (Å²) in [6, 6.07) is 0. The fourth-order valence-electron chi connectivity index (χ4n) is 0.819. The highest BCUT2D eigenvalue weighted by Crippen LogP contribution is 2.12. The van der Waals surface area contributed by atoms with Crippen LogP contribution >= 0.6 is 28.1 Å². The van der Waals surface area contributed by atoms with E-state index in [-0.39, 0.29) is 0 Å². The molecule has 0 bridgehead atoms. The standard InChI is InChI=1S/C6H4BrN5S/c7-3-1-8-4(11-6(3)13)5-9-2-10-12-5/h1-2H,(H,8,11,13)(H,9,10,12). The SMILES string of the molecule is S=c1[nH]c(-c2ncn[nH]2)ncc1Br. The molecule has 0 fully saturated rings. The molecule has 0 amide bonds. The van der Waals surface area contributed by atoms with Gasteiger partial charge < -0.3 is 4.98 Å². The molecular weight excluding hydrogens is 254 g/mol. The number of hydrogen-bond donors (Lipinski definition) is 2. The van der Waals surface area contributed by atoms with Crippen LogP contribution in [0.2, 0.25) is 0 Å². The van der Waals surface area contributed by atoms with E-state index in [2.05, 4.69) is 41.1 Å². The Bertz CT molecular complexity index is 462. The Balaban J connectivity index is 2.55. The first-order valence-electron chi connectivity index (χ1n) is 3.38. The van der Waals surface area contributed by atoms with Crippen LogP contribution in [0.4, 0.5) is 0 Å². The second-order valence-corrected chi connectivity index (χ2v) is 3.51. The van der Waals surface area contributed by atoms with Crippen molar-refractivity contribution in [2.45, 2.75) is 0 Å². The van der Waals surface area contributed by atoms with E-state index in [0.717, 1.165) is 4.47 Å². The van der Waals surface area contributed by atoms with Gasteiger partial charge in [-0.3, -0.25) is 5.10 Å². The smallest absolute Gasteiger partial charge is 0.191 e. The molecule has 0 radical (unpaired) electrons. The molecule has 66 valence electrons. The van der Waals surface area contributed by atoms with Crippen molar-refractivity contribution < 1.29 is 0 Å². The molecule has 0 atom stereocenters. The highest BCUT2D eigenvalue weighted by molar-refractivity contribution is 9.10. The van der Waals surface area contributed by atoms with Gasteiger partial charge in [-0.15, -0.1) is 0 Å². The zero-order valence-electron chi connectivity index (χ0n) is 6.28. The first-order chi connectivity index (χ1) is 6.27. The number of hydrogen-bond acceptors (Lipinski definition) is 4. The predicted molar refractivity (Wildman–Crippen MR) is 52.5 cm³/mol. The molecule has 0 saturated carbocycles. The Labute approximate surface area is 86.8 Å². The van der Waals surface area contributed by atoms with Gasteiger partial charge in [0.2, 0.25) is 0 Å². The third kappa shape index (κ3) is 1.65. The summed E-state index contributed by atoms with van der Waals surface area (Å²) in [5.41, 5.74) is 0. The van der Waals surface area contributed by atoms with Crippen LogP contribution in [0.25, 0.3) is 11.6 Å². The van der Waals surface area contributed by atoms with Crippen LogP contribution in [-0.2, 0) is 0 Å². The summed E-state index contributed by atoms with van der Waals surface area (Å²) in [5, 5.41) is 6.39. The van der Waals surface area contributed by atoms with Crippen molar-refractivity contribution in [3.8, 4) is 11.6 Å². The maximum Gasteiger partial charge on any atom is 0.191 e. The molecule has 0 aliphatic heterocycles. The largest absolute Gasteiger partial charge is 0.327 e. The Kier molecular flexibility index (Phi) is 2.19. The summed E-state index contributed by atoms with van der Waals surface area (Å²) >= 11 is 8.26.